The number of piperazine rings is 1. The molecule has 2 aliphatic rings. The highest BCUT2D eigenvalue weighted by Crippen LogP contribution is 2.31. The van der Waals surface area contributed by atoms with Crippen molar-refractivity contribution in [3.05, 3.63) is 5.56 Å². The lowest BCUT2D eigenvalue weighted by Gasteiger charge is -2.42. The third-order valence-electron chi connectivity index (χ3n) is 5.89. The lowest BCUT2D eigenvalue weighted by molar-refractivity contribution is -0.117. The van der Waals surface area contributed by atoms with Gasteiger partial charge in [0.15, 0.2) is 0 Å². The zero-order valence-corrected chi connectivity index (χ0v) is 18.5. The van der Waals surface area contributed by atoms with E-state index in [1.54, 1.807) is 4.90 Å². The number of nitrogen functional groups attached to an aromatic ring is 1. The molecule has 1 saturated heterocycles. The minimum absolute atomic E-state index is 0.0734. The molecular weight excluding hydrogens is 366 g/mol. The fourth-order valence-electron chi connectivity index (χ4n) is 4.03. The highest BCUT2D eigenvalue weighted by atomic mass is 16.2. The quantitative estimate of drug-likeness (QED) is 0.641. The molecule has 3 heterocycles. The van der Waals surface area contributed by atoms with Crippen molar-refractivity contribution in [2.24, 2.45) is 0 Å². The monoisotopic (exact) mass is 403 g/mol. The lowest BCUT2D eigenvalue weighted by Crippen LogP contribution is -2.53. The summed E-state index contributed by atoms with van der Waals surface area (Å²) in [7, 11) is 0. The van der Waals surface area contributed by atoms with Crippen molar-refractivity contribution in [3.8, 4) is 0 Å². The maximum absolute atomic E-state index is 12.6. The van der Waals surface area contributed by atoms with E-state index in [2.05, 4.69) is 52.8 Å². The van der Waals surface area contributed by atoms with Crippen LogP contribution in [0, 0.1) is 0 Å². The van der Waals surface area contributed by atoms with Gasteiger partial charge in [-0.15, -0.1) is 0 Å². The van der Waals surface area contributed by atoms with Gasteiger partial charge < -0.3 is 16.0 Å². The van der Waals surface area contributed by atoms with E-state index in [1.807, 2.05) is 0 Å². The van der Waals surface area contributed by atoms with Gasteiger partial charge in [0.1, 0.15) is 11.6 Å². The number of nitrogens with one attached hydrogen (secondary N) is 1. The largest absolute Gasteiger partial charge is 0.383 e. The molecule has 162 valence electrons. The van der Waals surface area contributed by atoms with E-state index in [4.69, 9.17) is 5.73 Å². The second-order valence-electron chi connectivity index (χ2n) is 9.09. The van der Waals surface area contributed by atoms with Gasteiger partial charge in [0.05, 0.1) is 6.42 Å². The first-order chi connectivity index (χ1) is 13.8. The first kappa shape index (κ1) is 21.8. The van der Waals surface area contributed by atoms with Crippen LogP contribution < -0.4 is 16.0 Å². The molecule has 29 heavy (non-hydrogen) atoms. The summed E-state index contributed by atoms with van der Waals surface area (Å²) in [5, 5.41) is 3.22. The zero-order valence-electron chi connectivity index (χ0n) is 18.5. The van der Waals surface area contributed by atoms with Gasteiger partial charge in [-0.2, -0.15) is 9.97 Å². The standard InChI is InChI=1S/C21H37N7O/c1-5-6-8-23-20-24-18(22)16-15-17(29)28(19(16)25-20)10-7-9-26-11-13-27(14-12-26)21(2,3)4/h5-15H2,1-4H3,(H3,22,23,24,25). The van der Waals surface area contributed by atoms with Crippen LogP contribution in [0.25, 0.3) is 0 Å². The number of fused-ring (bicyclic) bond motifs is 1. The molecule has 0 aliphatic carbocycles. The van der Waals surface area contributed by atoms with Crippen molar-refractivity contribution < 1.29 is 4.79 Å². The molecule has 0 unspecified atom stereocenters. The van der Waals surface area contributed by atoms with Crippen molar-refractivity contribution >= 4 is 23.5 Å². The molecule has 8 nitrogen and oxygen atoms in total. The maximum atomic E-state index is 12.6. The third-order valence-corrected chi connectivity index (χ3v) is 5.89. The zero-order chi connectivity index (χ0) is 21.0. The predicted molar refractivity (Wildman–Crippen MR) is 118 cm³/mol. The fraction of sp³-hybridized carbons (Fsp3) is 0.762. The minimum Gasteiger partial charge on any atom is -0.383 e. The Bertz CT molecular complexity index is 708. The topological polar surface area (TPSA) is 90.6 Å². The van der Waals surface area contributed by atoms with Crippen LogP contribution in [-0.2, 0) is 11.2 Å². The maximum Gasteiger partial charge on any atom is 0.232 e. The van der Waals surface area contributed by atoms with Gasteiger partial charge in [-0.1, -0.05) is 13.3 Å². The van der Waals surface area contributed by atoms with Crippen LogP contribution >= 0.6 is 0 Å². The Labute approximate surface area is 174 Å². The van der Waals surface area contributed by atoms with Crippen LogP contribution in [-0.4, -0.2) is 77.0 Å². The summed E-state index contributed by atoms with van der Waals surface area (Å²) in [4.78, 5) is 28.3. The Balaban J connectivity index is 1.54. The smallest absolute Gasteiger partial charge is 0.232 e. The van der Waals surface area contributed by atoms with E-state index in [9.17, 15) is 4.79 Å². The molecule has 3 rings (SSSR count). The van der Waals surface area contributed by atoms with Crippen LogP contribution in [0.5, 0.6) is 0 Å². The molecule has 8 heteroatoms. The first-order valence-electron chi connectivity index (χ1n) is 11.0. The molecule has 1 aromatic heterocycles. The molecule has 1 fully saturated rings. The van der Waals surface area contributed by atoms with Crippen LogP contribution in [0.4, 0.5) is 17.6 Å². The van der Waals surface area contributed by atoms with E-state index in [-0.39, 0.29) is 11.4 Å². The second kappa shape index (κ2) is 9.26. The van der Waals surface area contributed by atoms with E-state index >= 15 is 0 Å². The lowest BCUT2D eigenvalue weighted by atomic mass is 10.0. The Morgan fingerprint density at radius 2 is 1.79 bits per heavy atom. The van der Waals surface area contributed by atoms with Crippen molar-refractivity contribution in [1.82, 2.24) is 19.8 Å². The Kier molecular flexibility index (Phi) is 6.95. The summed E-state index contributed by atoms with van der Waals surface area (Å²) in [5.74, 6) is 1.71. The third kappa shape index (κ3) is 5.36. The molecule has 1 aromatic rings. The van der Waals surface area contributed by atoms with Gasteiger partial charge in [-0.25, -0.2) is 0 Å². The van der Waals surface area contributed by atoms with Gasteiger partial charge >= 0.3 is 0 Å². The number of hydrogen-bond acceptors (Lipinski definition) is 7. The van der Waals surface area contributed by atoms with Crippen LogP contribution in [0.3, 0.4) is 0 Å². The molecule has 0 saturated carbocycles. The average Bonchev–Trinajstić information content (AvgIpc) is 2.98. The molecule has 1 amide bonds. The first-order valence-corrected chi connectivity index (χ1v) is 11.0. The Morgan fingerprint density at radius 3 is 2.45 bits per heavy atom. The van der Waals surface area contributed by atoms with Crippen molar-refractivity contribution in [3.63, 3.8) is 0 Å². The second-order valence-corrected chi connectivity index (χ2v) is 9.09. The summed E-state index contributed by atoms with van der Waals surface area (Å²) < 4.78 is 0. The van der Waals surface area contributed by atoms with E-state index in [1.165, 1.54) is 0 Å². The van der Waals surface area contributed by atoms with Crippen LogP contribution in [0.15, 0.2) is 0 Å². The SMILES string of the molecule is CCCCNc1nc(N)c2c(n1)N(CCCN1CCN(C(C)(C)C)CC1)C(=O)C2. The van der Waals surface area contributed by atoms with Crippen molar-refractivity contribution in [2.75, 3.05) is 61.8 Å². The van der Waals surface area contributed by atoms with E-state index < -0.39 is 0 Å². The Hall–Kier alpha value is -1.93. The van der Waals surface area contributed by atoms with Gasteiger partial charge in [0.25, 0.3) is 0 Å². The molecule has 0 spiro atoms. The van der Waals surface area contributed by atoms with Crippen molar-refractivity contribution in [1.29, 1.82) is 0 Å². The van der Waals surface area contributed by atoms with Gasteiger partial charge in [-0.3, -0.25) is 14.6 Å². The summed E-state index contributed by atoms with van der Waals surface area (Å²) in [6.45, 7) is 15.8. The molecule has 3 N–H and O–H groups in total. The summed E-state index contributed by atoms with van der Waals surface area (Å²) >= 11 is 0. The van der Waals surface area contributed by atoms with Crippen molar-refractivity contribution in [2.45, 2.75) is 58.9 Å². The average molecular weight is 404 g/mol. The number of nitrogens with zero attached hydrogens (tertiary/aromatic N) is 5. The number of amides is 1. The number of anilines is 3. The molecule has 0 radical (unpaired) electrons. The fourth-order valence-corrected chi connectivity index (χ4v) is 4.03. The molecule has 0 bridgehead atoms. The van der Waals surface area contributed by atoms with E-state index in [0.29, 0.717) is 30.5 Å². The van der Waals surface area contributed by atoms with Gasteiger partial charge in [0.2, 0.25) is 11.9 Å². The number of hydrogen-bond donors (Lipinski definition) is 2. The highest BCUT2D eigenvalue weighted by Gasteiger charge is 2.32. The number of rotatable bonds is 8. The number of nitrogens with two attached hydrogens (primary N) is 1. The molecule has 0 aromatic carbocycles. The number of aromatic nitrogens is 2. The Morgan fingerprint density at radius 1 is 1.07 bits per heavy atom. The highest BCUT2D eigenvalue weighted by molar-refractivity contribution is 6.01. The normalized spacial score (nSPS) is 18.3. The van der Waals surface area contributed by atoms with E-state index in [0.717, 1.165) is 64.1 Å². The van der Waals surface area contributed by atoms with Crippen LogP contribution in [0.1, 0.15) is 52.5 Å². The van der Waals surface area contributed by atoms with Crippen LogP contribution in [0.2, 0.25) is 0 Å². The number of unbranched alkanes of at least 4 members (excludes halogenated alkanes) is 1. The molecule has 2 aliphatic heterocycles. The molecular formula is C21H37N7O. The minimum atomic E-state index is 0.0734. The summed E-state index contributed by atoms with van der Waals surface area (Å²) in [6.07, 6.45) is 3.39. The summed E-state index contributed by atoms with van der Waals surface area (Å²) in [6, 6.07) is 0. The summed E-state index contributed by atoms with van der Waals surface area (Å²) in [5.41, 5.74) is 7.12. The van der Waals surface area contributed by atoms with Gasteiger partial charge in [-0.05, 0) is 40.2 Å². The predicted octanol–water partition coefficient (Wildman–Crippen LogP) is 1.97. The number of carbonyl (C=O) groups is 1. The van der Waals surface area contributed by atoms with Gasteiger partial charge in [0, 0.05) is 50.4 Å². The molecule has 0 atom stereocenters. The number of carbonyl (C=O) groups excluding carboxylic acids is 1.